The van der Waals surface area contributed by atoms with Crippen molar-refractivity contribution in [2.45, 2.75) is 13.5 Å². The van der Waals surface area contributed by atoms with E-state index in [0.29, 0.717) is 45.2 Å². The number of methoxy groups -OCH3 is 2. The summed E-state index contributed by atoms with van der Waals surface area (Å²) in [6, 6.07) is 18.3. The fourth-order valence-corrected chi connectivity index (χ4v) is 4.51. The van der Waals surface area contributed by atoms with E-state index in [2.05, 4.69) is 20.4 Å². The molecule has 8 nitrogen and oxygen atoms in total. The lowest BCUT2D eigenvalue weighted by Crippen LogP contribution is -2.13. The first-order valence-electron chi connectivity index (χ1n) is 11.4. The van der Waals surface area contributed by atoms with Crippen LogP contribution in [0.1, 0.15) is 21.6 Å². The van der Waals surface area contributed by atoms with Gasteiger partial charge in [0.2, 0.25) is 5.95 Å². The van der Waals surface area contributed by atoms with Gasteiger partial charge in [-0.2, -0.15) is 4.98 Å². The largest absolute Gasteiger partial charge is 0.496 e. The minimum Gasteiger partial charge on any atom is -0.496 e. The van der Waals surface area contributed by atoms with Crippen molar-refractivity contribution in [3.8, 4) is 22.9 Å². The number of aryl methyl sites for hydroxylation is 1. The maximum Gasteiger partial charge on any atom is 0.274 e. The summed E-state index contributed by atoms with van der Waals surface area (Å²) in [5, 5.41) is 9.39. The molecule has 0 aliphatic rings. The molecule has 0 fully saturated rings. The second-order valence-electron chi connectivity index (χ2n) is 8.42. The Morgan fingerprint density at radius 3 is 2.46 bits per heavy atom. The van der Waals surface area contributed by atoms with Gasteiger partial charge in [0.25, 0.3) is 5.91 Å². The number of nitrogens with zero attached hydrogens (tertiary/aromatic N) is 3. The highest BCUT2D eigenvalue weighted by Gasteiger charge is 2.23. The lowest BCUT2D eigenvalue weighted by Gasteiger charge is -2.15. The number of carbonyl (C=O) groups excluding carboxylic acids is 1. The Kier molecular flexibility index (Phi) is 6.78. The van der Waals surface area contributed by atoms with Crippen molar-refractivity contribution in [1.29, 1.82) is 0 Å². The highest BCUT2D eigenvalue weighted by molar-refractivity contribution is 6.31. The molecule has 0 saturated heterocycles. The lowest BCUT2D eigenvalue weighted by atomic mass is 10.1. The molecule has 0 radical (unpaired) electrons. The number of halogens is 2. The average molecular weight is 536 g/mol. The zero-order valence-corrected chi connectivity index (χ0v) is 21.8. The molecule has 0 spiro atoms. The average Bonchev–Trinajstić information content (AvgIpc) is 3.48. The molecule has 0 aliphatic carbocycles. The molecule has 3 aromatic carbocycles. The second-order valence-corrected chi connectivity index (χ2v) is 9.26. The first-order chi connectivity index (χ1) is 17.9. The Morgan fingerprint density at radius 2 is 1.76 bits per heavy atom. The number of nitrogens with one attached hydrogen (secondary N) is 2. The third-order valence-corrected chi connectivity index (χ3v) is 6.48. The van der Waals surface area contributed by atoms with Gasteiger partial charge in [-0.05, 0) is 60.5 Å². The molecule has 0 aliphatic heterocycles. The minimum absolute atomic E-state index is 0.119. The van der Waals surface area contributed by atoms with E-state index in [1.165, 1.54) is 0 Å². The molecule has 10 heteroatoms. The van der Waals surface area contributed by atoms with Crippen molar-refractivity contribution in [3.63, 3.8) is 0 Å². The van der Waals surface area contributed by atoms with E-state index in [1.54, 1.807) is 37.1 Å². The Morgan fingerprint density at radius 1 is 1.03 bits per heavy atom. The summed E-state index contributed by atoms with van der Waals surface area (Å²) in [6.07, 6.45) is 0. The number of fused-ring (bicyclic) bond motifs is 1. The topological polar surface area (TPSA) is 94.1 Å². The van der Waals surface area contributed by atoms with Crippen LogP contribution in [0.25, 0.3) is 22.3 Å². The summed E-state index contributed by atoms with van der Waals surface area (Å²) in [4.78, 5) is 20.9. The number of anilines is 1. The van der Waals surface area contributed by atoms with Gasteiger partial charge in [-0.1, -0.05) is 41.4 Å². The van der Waals surface area contributed by atoms with Crippen molar-refractivity contribution >= 4 is 46.0 Å². The van der Waals surface area contributed by atoms with Gasteiger partial charge in [-0.25, -0.2) is 4.68 Å². The fourth-order valence-electron chi connectivity index (χ4n) is 4.14. The van der Waals surface area contributed by atoms with Gasteiger partial charge in [-0.3, -0.25) is 10.1 Å². The van der Waals surface area contributed by atoms with Crippen molar-refractivity contribution in [2.24, 2.45) is 0 Å². The van der Waals surface area contributed by atoms with Crippen LogP contribution in [-0.4, -0.2) is 39.9 Å². The fraction of sp³-hybridized carbons (Fsp3) is 0.148. The van der Waals surface area contributed by atoms with Gasteiger partial charge in [0.1, 0.15) is 22.8 Å². The van der Waals surface area contributed by atoms with Gasteiger partial charge >= 0.3 is 0 Å². The van der Waals surface area contributed by atoms with E-state index in [-0.39, 0.29) is 5.95 Å². The summed E-state index contributed by atoms with van der Waals surface area (Å²) in [7, 11) is 3.16. The zero-order chi connectivity index (χ0) is 26.1. The van der Waals surface area contributed by atoms with Crippen LogP contribution in [0, 0.1) is 6.92 Å². The van der Waals surface area contributed by atoms with E-state index in [4.69, 9.17) is 32.7 Å². The van der Waals surface area contributed by atoms with Crippen molar-refractivity contribution < 1.29 is 14.3 Å². The maximum absolute atomic E-state index is 13.1. The Balaban J connectivity index is 1.57. The first-order valence-corrected chi connectivity index (χ1v) is 12.1. The highest BCUT2D eigenvalue weighted by Crippen LogP contribution is 2.39. The zero-order valence-electron chi connectivity index (χ0n) is 20.3. The van der Waals surface area contributed by atoms with Crippen molar-refractivity contribution in [1.82, 2.24) is 19.7 Å². The van der Waals surface area contributed by atoms with Gasteiger partial charge < -0.3 is 14.5 Å². The van der Waals surface area contributed by atoms with E-state index in [0.717, 1.165) is 22.0 Å². The van der Waals surface area contributed by atoms with Crippen LogP contribution in [0.15, 0.2) is 60.7 Å². The van der Waals surface area contributed by atoms with Crippen LogP contribution in [0.2, 0.25) is 10.0 Å². The van der Waals surface area contributed by atoms with Crippen LogP contribution in [0.3, 0.4) is 0 Å². The van der Waals surface area contributed by atoms with Crippen LogP contribution in [0.4, 0.5) is 5.95 Å². The van der Waals surface area contributed by atoms with E-state index in [9.17, 15) is 4.79 Å². The third-order valence-electron chi connectivity index (χ3n) is 5.88. The molecule has 2 heterocycles. The number of carbonyl (C=O) groups is 1. The number of aromatic amines is 1. The predicted octanol–water partition coefficient (Wildman–Crippen LogP) is 6.36. The number of benzene rings is 3. The van der Waals surface area contributed by atoms with Crippen LogP contribution >= 0.6 is 23.2 Å². The van der Waals surface area contributed by atoms with Crippen LogP contribution < -0.4 is 14.8 Å². The number of hydrogen-bond donors (Lipinski definition) is 2. The number of rotatable bonds is 7. The summed E-state index contributed by atoms with van der Waals surface area (Å²) < 4.78 is 13.0. The molecule has 2 N–H and O–H groups in total. The van der Waals surface area contributed by atoms with Gasteiger partial charge in [-0.15, -0.1) is 5.10 Å². The minimum atomic E-state index is -0.392. The maximum atomic E-state index is 13.1. The Bertz CT molecular complexity index is 1600. The molecule has 188 valence electrons. The number of ether oxygens (including phenoxy) is 2. The van der Waals surface area contributed by atoms with E-state index >= 15 is 0 Å². The smallest absolute Gasteiger partial charge is 0.274 e. The SMILES string of the molecule is COc1cc(C)cc(OC)c1-c1nc(NC(=O)c2cc3cc(Cl)ccc3[nH]2)nn1Cc1ccccc1Cl. The van der Waals surface area contributed by atoms with Gasteiger partial charge in [0, 0.05) is 20.9 Å². The molecule has 5 aromatic rings. The number of H-pyrrole nitrogens is 1. The summed E-state index contributed by atoms with van der Waals surface area (Å²) in [6.45, 7) is 2.26. The van der Waals surface area contributed by atoms with Crippen molar-refractivity contribution in [2.75, 3.05) is 19.5 Å². The van der Waals surface area contributed by atoms with Gasteiger partial charge in [0.05, 0.1) is 20.8 Å². The van der Waals surface area contributed by atoms with Crippen LogP contribution in [0.5, 0.6) is 11.5 Å². The standard InChI is InChI=1S/C27H23Cl2N5O3/c1-15-10-22(36-2)24(23(11-15)37-3)25-31-27(33-34(25)14-16-6-4-5-7-19(16)29)32-26(35)21-13-17-12-18(28)8-9-20(17)30-21/h4-13,30H,14H2,1-3H3,(H,32,33,35). The predicted molar refractivity (Wildman–Crippen MR) is 145 cm³/mol. The second kappa shape index (κ2) is 10.2. The molecule has 0 unspecified atom stereocenters. The highest BCUT2D eigenvalue weighted by atomic mass is 35.5. The Labute approximate surface area is 223 Å². The summed E-state index contributed by atoms with van der Waals surface area (Å²) in [5.41, 5.74) is 3.55. The quantitative estimate of drug-likeness (QED) is 0.253. The first kappa shape index (κ1) is 24.7. The van der Waals surface area contributed by atoms with E-state index < -0.39 is 5.91 Å². The molecule has 37 heavy (non-hydrogen) atoms. The molecular formula is C27H23Cl2N5O3. The van der Waals surface area contributed by atoms with Gasteiger partial charge in [0.15, 0.2) is 5.82 Å². The normalized spacial score (nSPS) is 11.1. The number of aromatic nitrogens is 4. The number of hydrogen-bond acceptors (Lipinski definition) is 5. The molecular weight excluding hydrogens is 513 g/mol. The third kappa shape index (κ3) is 4.98. The molecule has 0 atom stereocenters. The molecule has 0 bridgehead atoms. The number of amides is 1. The monoisotopic (exact) mass is 535 g/mol. The van der Waals surface area contributed by atoms with Crippen molar-refractivity contribution in [3.05, 3.63) is 87.5 Å². The molecule has 2 aromatic heterocycles. The molecule has 0 saturated carbocycles. The summed E-state index contributed by atoms with van der Waals surface area (Å²) >= 11 is 12.5. The molecule has 1 amide bonds. The Hall–Kier alpha value is -4.01. The van der Waals surface area contributed by atoms with E-state index in [1.807, 2.05) is 49.4 Å². The summed E-state index contributed by atoms with van der Waals surface area (Å²) in [5.74, 6) is 1.31. The lowest BCUT2D eigenvalue weighted by molar-refractivity contribution is 0.102. The molecule has 5 rings (SSSR count). The van der Waals surface area contributed by atoms with Crippen LogP contribution in [-0.2, 0) is 6.54 Å².